The first-order chi connectivity index (χ1) is 15.8. The van der Waals surface area contributed by atoms with E-state index in [4.69, 9.17) is 16.3 Å². The Morgan fingerprint density at radius 3 is 2.24 bits per heavy atom. The van der Waals surface area contributed by atoms with Gasteiger partial charge in [-0.05, 0) is 41.5 Å². The molecule has 1 unspecified atom stereocenters. The lowest BCUT2D eigenvalue weighted by atomic mass is 9.99. The van der Waals surface area contributed by atoms with Gasteiger partial charge in [0.05, 0.1) is 22.7 Å². The number of ether oxygens (including phenoxy) is 1. The molecule has 0 fully saturated rings. The van der Waals surface area contributed by atoms with E-state index in [-0.39, 0.29) is 16.7 Å². The fourth-order valence-corrected chi connectivity index (χ4v) is 3.69. The Labute approximate surface area is 194 Å². The number of fused-ring (bicyclic) bond motifs is 1. The standard InChI is InChI=1S/C25H19ClN2O5/c1-28-23(30)19-12-9-17(13-20(19)24(28)31)25(32)33-14-21(29)27-22(15-5-3-2-4-6-15)16-7-10-18(26)11-8-16/h2-13,22H,14H2,1H3,(H,27,29). The third kappa shape index (κ3) is 4.63. The summed E-state index contributed by atoms with van der Waals surface area (Å²) in [6.07, 6.45) is 0. The van der Waals surface area contributed by atoms with Crippen molar-refractivity contribution in [1.82, 2.24) is 10.2 Å². The van der Waals surface area contributed by atoms with Crippen LogP contribution in [0.5, 0.6) is 0 Å². The fourth-order valence-electron chi connectivity index (χ4n) is 3.57. The summed E-state index contributed by atoms with van der Waals surface area (Å²) >= 11 is 5.98. The first-order valence-electron chi connectivity index (χ1n) is 10.1. The molecule has 1 aliphatic rings. The first kappa shape index (κ1) is 22.2. The van der Waals surface area contributed by atoms with Gasteiger partial charge >= 0.3 is 5.97 Å². The van der Waals surface area contributed by atoms with Crippen LogP contribution in [0.1, 0.15) is 48.2 Å². The smallest absolute Gasteiger partial charge is 0.338 e. The van der Waals surface area contributed by atoms with Crippen LogP contribution in [0.4, 0.5) is 0 Å². The van der Waals surface area contributed by atoms with Crippen LogP contribution < -0.4 is 5.32 Å². The minimum atomic E-state index is -0.773. The molecular weight excluding hydrogens is 444 g/mol. The maximum atomic E-state index is 12.6. The van der Waals surface area contributed by atoms with Crippen molar-refractivity contribution in [2.45, 2.75) is 6.04 Å². The minimum absolute atomic E-state index is 0.0790. The highest BCUT2D eigenvalue weighted by Gasteiger charge is 2.33. The molecule has 1 heterocycles. The van der Waals surface area contributed by atoms with E-state index in [2.05, 4.69) is 5.32 Å². The zero-order chi connectivity index (χ0) is 23.5. The number of hydrogen-bond acceptors (Lipinski definition) is 5. The number of carbonyl (C=O) groups is 4. The Kier molecular flexibility index (Phi) is 6.24. The third-order valence-corrected chi connectivity index (χ3v) is 5.55. The van der Waals surface area contributed by atoms with Gasteiger partial charge in [0.1, 0.15) is 0 Å². The van der Waals surface area contributed by atoms with Crippen molar-refractivity contribution in [3.05, 3.63) is 106 Å². The topological polar surface area (TPSA) is 92.8 Å². The van der Waals surface area contributed by atoms with Gasteiger partial charge in [-0.15, -0.1) is 0 Å². The van der Waals surface area contributed by atoms with Gasteiger partial charge in [-0.3, -0.25) is 19.3 Å². The summed E-state index contributed by atoms with van der Waals surface area (Å²) in [5.41, 5.74) is 2.11. The molecule has 0 saturated heterocycles. The van der Waals surface area contributed by atoms with Crippen LogP contribution in [0, 0.1) is 0 Å². The highest BCUT2D eigenvalue weighted by atomic mass is 35.5. The van der Waals surface area contributed by atoms with Crippen molar-refractivity contribution in [3.63, 3.8) is 0 Å². The number of carbonyl (C=O) groups excluding carboxylic acids is 4. The maximum absolute atomic E-state index is 12.6. The zero-order valence-corrected chi connectivity index (χ0v) is 18.3. The number of imide groups is 1. The van der Waals surface area contributed by atoms with E-state index in [0.717, 1.165) is 16.0 Å². The Morgan fingerprint density at radius 2 is 1.55 bits per heavy atom. The summed E-state index contributed by atoms with van der Waals surface area (Å²) in [5.74, 6) is -2.19. The molecule has 4 rings (SSSR count). The minimum Gasteiger partial charge on any atom is -0.452 e. The van der Waals surface area contributed by atoms with E-state index in [1.807, 2.05) is 42.5 Å². The Bertz CT molecular complexity index is 1240. The number of nitrogens with zero attached hydrogens (tertiary/aromatic N) is 1. The van der Waals surface area contributed by atoms with E-state index in [0.29, 0.717) is 5.02 Å². The highest BCUT2D eigenvalue weighted by Crippen LogP contribution is 2.24. The van der Waals surface area contributed by atoms with Gasteiger partial charge in [0, 0.05) is 12.1 Å². The normalized spacial score (nSPS) is 13.5. The van der Waals surface area contributed by atoms with Gasteiger partial charge in [-0.25, -0.2) is 4.79 Å². The van der Waals surface area contributed by atoms with E-state index in [9.17, 15) is 19.2 Å². The highest BCUT2D eigenvalue weighted by molar-refractivity contribution is 6.30. The molecule has 3 amide bonds. The lowest BCUT2D eigenvalue weighted by Crippen LogP contribution is -2.33. The molecule has 1 aliphatic heterocycles. The molecule has 1 N–H and O–H groups in total. The lowest BCUT2D eigenvalue weighted by molar-refractivity contribution is -0.124. The van der Waals surface area contributed by atoms with Crippen LogP contribution in [-0.2, 0) is 9.53 Å². The Hall–Kier alpha value is -3.97. The predicted octanol–water partition coefficient (Wildman–Crippen LogP) is 3.63. The molecule has 0 bridgehead atoms. The van der Waals surface area contributed by atoms with Gasteiger partial charge in [0.25, 0.3) is 17.7 Å². The first-order valence-corrected chi connectivity index (χ1v) is 10.5. The molecule has 7 nitrogen and oxygen atoms in total. The van der Waals surface area contributed by atoms with Crippen molar-refractivity contribution in [2.75, 3.05) is 13.7 Å². The van der Waals surface area contributed by atoms with Crippen LogP contribution in [-0.4, -0.2) is 42.2 Å². The van der Waals surface area contributed by atoms with Crippen LogP contribution in [0.3, 0.4) is 0 Å². The van der Waals surface area contributed by atoms with E-state index in [1.54, 1.807) is 12.1 Å². The second-order valence-electron chi connectivity index (χ2n) is 7.47. The molecule has 3 aromatic carbocycles. The molecule has 1 atom stereocenters. The second-order valence-corrected chi connectivity index (χ2v) is 7.91. The summed E-state index contributed by atoms with van der Waals surface area (Å²) in [7, 11) is 1.37. The number of amides is 3. The molecule has 8 heteroatoms. The summed E-state index contributed by atoms with van der Waals surface area (Å²) in [6.45, 7) is -0.514. The van der Waals surface area contributed by atoms with Gasteiger partial charge in [-0.2, -0.15) is 0 Å². The summed E-state index contributed by atoms with van der Waals surface area (Å²) in [4.78, 5) is 50.2. The van der Waals surface area contributed by atoms with E-state index < -0.39 is 36.3 Å². The summed E-state index contributed by atoms with van der Waals surface area (Å²) in [5, 5.41) is 3.45. The van der Waals surface area contributed by atoms with Crippen LogP contribution >= 0.6 is 11.6 Å². The molecular formula is C25H19ClN2O5. The number of esters is 1. The summed E-state index contributed by atoms with van der Waals surface area (Å²) in [6, 6.07) is 20.1. The average molecular weight is 463 g/mol. The number of nitrogens with one attached hydrogen (secondary N) is 1. The summed E-state index contributed by atoms with van der Waals surface area (Å²) < 4.78 is 5.15. The third-order valence-electron chi connectivity index (χ3n) is 5.30. The lowest BCUT2D eigenvalue weighted by Gasteiger charge is -2.20. The van der Waals surface area contributed by atoms with Gasteiger partial charge < -0.3 is 10.1 Å². The van der Waals surface area contributed by atoms with Gasteiger partial charge in [-0.1, -0.05) is 54.1 Å². The number of rotatable bonds is 6. The molecule has 0 aliphatic carbocycles. The molecule has 0 radical (unpaired) electrons. The van der Waals surface area contributed by atoms with Crippen molar-refractivity contribution < 1.29 is 23.9 Å². The fraction of sp³-hybridized carbons (Fsp3) is 0.120. The molecule has 0 saturated carbocycles. The molecule has 0 spiro atoms. The van der Waals surface area contributed by atoms with Gasteiger partial charge in [0.2, 0.25) is 0 Å². The molecule has 0 aromatic heterocycles. The van der Waals surface area contributed by atoms with Gasteiger partial charge in [0.15, 0.2) is 6.61 Å². The monoisotopic (exact) mass is 462 g/mol. The van der Waals surface area contributed by atoms with Crippen molar-refractivity contribution >= 4 is 35.3 Å². The van der Waals surface area contributed by atoms with Crippen molar-refractivity contribution in [3.8, 4) is 0 Å². The van der Waals surface area contributed by atoms with Crippen LogP contribution in [0.2, 0.25) is 5.02 Å². The Morgan fingerprint density at radius 1 is 0.909 bits per heavy atom. The quantitative estimate of drug-likeness (QED) is 0.446. The molecule has 3 aromatic rings. The predicted molar refractivity (Wildman–Crippen MR) is 121 cm³/mol. The number of benzene rings is 3. The van der Waals surface area contributed by atoms with Crippen molar-refractivity contribution in [2.24, 2.45) is 0 Å². The Balaban J connectivity index is 1.45. The zero-order valence-electron chi connectivity index (χ0n) is 17.6. The van der Waals surface area contributed by atoms with Crippen LogP contribution in [0.15, 0.2) is 72.8 Å². The maximum Gasteiger partial charge on any atom is 0.338 e. The van der Waals surface area contributed by atoms with Crippen LogP contribution in [0.25, 0.3) is 0 Å². The number of hydrogen-bond donors (Lipinski definition) is 1. The largest absolute Gasteiger partial charge is 0.452 e. The van der Waals surface area contributed by atoms with E-state index >= 15 is 0 Å². The number of halogens is 1. The molecule has 166 valence electrons. The SMILES string of the molecule is CN1C(=O)c2ccc(C(=O)OCC(=O)NC(c3ccccc3)c3ccc(Cl)cc3)cc2C1=O. The molecule has 33 heavy (non-hydrogen) atoms. The van der Waals surface area contributed by atoms with Crippen molar-refractivity contribution in [1.29, 1.82) is 0 Å². The van der Waals surface area contributed by atoms with E-state index in [1.165, 1.54) is 25.2 Å². The second kappa shape index (κ2) is 9.26. The average Bonchev–Trinajstić information content (AvgIpc) is 3.05.